The van der Waals surface area contributed by atoms with Crippen LogP contribution in [0.5, 0.6) is 0 Å². The zero-order valence-electron chi connectivity index (χ0n) is 11.0. The van der Waals surface area contributed by atoms with E-state index in [1.807, 2.05) is 0 Å². The van der Waals surface area contributed by atoms with Crippen LogP contribution in [-0.2, 0) is 14.8 Å². The largest absolute Gasteiger partial charge is 0.377 e. The van der Waals surface area contributed by atoms with Crippen molar-refractivity contribution in [3.8, 4) is 0 Å². The molecule has 1 saturated heterocycles. The average molecular weight is 303 g/mol. The first-order valence-corrected chi connectivity index (χ1v) is 7.92. The Balaban J connectivity index is 2.04. The van der Waals surface area contributed by atoms with E-state index in [9.17, 15) is 12.8 Å². The lowest BCUT2D eigenvalue weighted by molar-refractivity contribution is 0.0257. The Morgan fingerprint density at radius 1 is 1.45 bits per heavy atom. The highest BCUT2D eigenvalue weighted by Gasteiger charge is 2.32. The van der Waals surface area contributed by atoms with E-state index in [4.69, 9.17) is 10.5 Å². The number of hydrogen-bond donors (Lipinski definition) is 1. The SMILES string of the molecule is NCCOC1CCN(S(=O)(=O)c2ncccc2F)CC1. The van der Waals surface area contributed by atoms with Crippen LogP contribution in [0.3, 0.4) is 0 Å². The molecule has 0 spiro atoms. The summed E-state index contributed by atoms with van der Waals surface area (Å²) in [6.07, 6.45) is 2.44. The van der Waals surface area contributed by atoms with Crippen molar-refractivity contribution in [1.82, 2.24) is 9.29 Å². The van der Waals surface area contributed by atoms with E-state index in [2.05, 4.69) is 4.98 Å². The van der Waals surface area contributed by atoms with Crippen LogP contribution < -0.4 is 5.73 Å². The molecule has 2 N–H and O–H groups in total. The average Bonchev–Trinajstić information content (AvgIpc) is 2.46. The lowest BCUT2D eigenvalue weighted by Gasteiger charge is -2.30. The summed E-state index contributed by atoms with van der Waals surface area (Å²) in [6, 6.07) is 2.46. The van der Waals surface area contributed by atoms with Gasteiger partial charge < -0.3 is 10.5 Å². The predicted octanol–water partition coefficient (Wildman–Crippen LogP) is 0.349. The van der Waals surface area contributed by atoms with Gasteiger partial charge in [-0.25, -0.2) is 17.8 Å². The fourth-order valence-electron chi connectivity index (χ4n) is 2.16. The topological polar surface area (TPSA) is 85.5 Å². The van der Waals surface area contributed by atoms with E-state index < -0.39 is 20.9 Å². The van der Waals surface area contributed by atoms with Crippen molar-refractivity contribution in [2.45, 2.75) is 24.0 Å². The molecule has 2 heterocycles. The van der Waals surface area contributed by atoms with Gasteiger partial charge in [0.15, 0.2) is 5.82 Å². The minimum atomic E-state index is -3.87. The maximum atomic E-state index is 13.6. The molecular formula is C12H18FN3O3S. The number of ether oxygens (including phenoxy) is 1. The van der Waals surface area contributed by atoms with E-state index in [1.54, 1.807) is 0 Å². The van der Waals surface area contributed by atoms with E-state index >= 15 is 0 Å². The zero-order chi connectivity index (χ0) is 14.6. The number of pyridine rings is 1. The Labute approximate surface area is 117 Å². The summed E-state index contributed by atoms with van der Waals surface area (Å²) in [4.78, 5) is 3.64. The van der Waals surface area contributed by atoms with Gasteiger partial charge in [0.1, 0.15) is 0 Å². The molecule has 20 heavy (non-hydrogen) atoms. The fraction of sp³-hybridized carbons (Fsp3) is 0.583. The molecule has 0 aliphatic carbocycles. The predicted molar refractivity (Wildman–Crippen MR) is 71.0 cm³/mol. The molecule has 0 bridgehead atoms. The van der Waals surface area contributed by atoms with Crippen LogP contribution in [0.4, 0.5) is 4.39 Å². The third kappa shape index (κ3) is 3.32. The van der Waals surface area contributed by atoms with Crippen molar-refractivity contribution in [3.63, 3.8) is 0 Å². The highest BCUT2D eigenvalue weighted by molar-refractivity contribution is 7.89. The van der Waals surface area contributed by atoms with Gasteiger partial charge in [-0.2, -0.15) is 4.31 Å². The summed E-state index contributed by atoms with van der Waals surface area (Å²) >= 11 is 0. The first kappa shape index (κ1) is 15.3. The van der Waals surface area contributed by atoms with Gasteiger partial charge in [-0.3, -0.25) is 0 Å². The number of nitrogens with zero attached hydrogens (tertiary/aromatic N) is 2. The summed E-state index contributed by atoms with van der Waals surface area (Å²) in [6.45, 7) is 1.51. The first-order valence-electron chi connectivity index (χ1n) is 6.48. The van der Waals surface area contributed by atoms with Crippen LogP contribution in [0, 0.1) is 5.82 Å². The van der Waals surface area contributed by atoms with Gasteiger partial charge in [0, 0.05) is 25.8 Å². The molecule has 0 unspecified atom stereocenters. The Morgan fingerprint density at radius 3 is 2.75 bits per heavy atom. The highest BCUT2D eigenvalue weighted by atomic mass is 32.2. The quantitative estimate of drug-likeness (QED) is 0.848. The lowest BCUT2D eigenvalue weighted by atomic mass is 10.1. The summed E-state index contributed by atoms with van der Waals surface area (Å²) in [5.74, 6) is -0.825. The molecule has 112 valence electrons. The molecule has 1 aromatic heterocycles. The minimum absolute atomic E-state index is 0.0126. The molecule has 2 rings (SSSR count). The Bertz CT molecular complexity index is 545. The van der Waals surface area contributed by atoms with Crippen molar-refractivity contribution in [2.75, 3.05) is 26.2 Å². The maximum absolute atomic E-state index is 13.6. The van der Waals surface area contributed by atoms with Crippen LogP contribution in [0.1, 0.15) is 12.8 Å². The molecular weight excluding hydrogens is 285 g/mol. The van der Waals surface area contributed by atoms with Crippen LogP contribution in [-0.4, -0.2) is 50.1 Å². The number of aromatic nitrogens is 1. The Morgan fingerprint density at radius 2 is 2.15 bits per heavy atom. The minimum Gasteiger partial charge on any atom is -0.377 e. The fourth-order valence-corrected chi connectivity index (χ4v) is 3.60. The number of hydrogen-bond acceptors (Lipinski definition) is 5. The van der Waals surface area contributed by atoms with Gasteiger partial charge in [0.05, 0.1) is 12.7 Å². The summed E-state index contributed by atoms with van der Waals surface area (Å²) in [5.41, 5.74) is 5.35. The smallest absolute Gasteiger partial charge is 0.263 e. The van der Waals surface area contributed by atoms with E-state index in [0.717, 1.165) is 6.07 Å². The van der Waals surface area contributed by atoms with E-state index in [0.29, 0.717) is 39.1 Å². The molecule has 6 nitrogen and oxygen atoms in total. The van der Waals surface area contributed by atoms with Gasteiger partial charge in [0.2, 0.25) is 5.03 Å². The Hall–Kier alpha value is -1.09. The lowest BCUT2D eigenvalue weighted by Crippen LogP contribution is -2.41. The zero-order valence-corrected chi connectivity index (χ0v) is 11.9. The monoisotopic (exact) mass is 303 g/mol. The number of piperidine rings is 1. The molecule has 0 amide bonds. The second-order valence-corrected chi connectivity index (χ2v) is 6.41. The molecule has 1 aliphatic heterocycles. The number of nitrogens with two attached hydrogens (primary N) is 1. The maximum Gasteiger partial charge on any atom is 0.263 e. The van der Waals surface area contributed by atoms with Crippen molar-refractivity contribution >= 4 is 10.0 Å². The molecule has 0 atom stereocenters. The van der Waals surface area contributed by atoms with Gasteiger partial charge >= 0.3 is 0 Å². The van der Waals surface area contributed by atoms with Crippen LogP contribution >= 0.6 is 0 Å². The highest BCUT2D eigenvalue weighted by Crippen LogP contribution is 2.22. The molecule has 1 aromatic rings. The molecule has 1 aliphatic rings. The number of sulfonamides is 1. The molecule has 8 heteroatoms. The summed E-state index contributed by atoms with van der Waals surface area (Å²) < 4.78 is 44.9. The van der Waals surface area contributed by atoms with Gasteiger partial charge in [-0.1, -0.05) is 0 Å². The van der Waals surface area contributed by atoms with E-state index in [1.165, 1.54) is 16.6 Å². The van der Waals surface area contributed by atoms with Gasteiger partial charge in [-0.05, 0) is 25.0 Å². The Kier molecular flexibility index (Phi) is 5.03. The number of halogens is 1. The van der Waals surface area contributed by atoms with Crippen LogP contribution in [0.2, 0.25) is 0 Å². The summed E-state index contributed by atoms with van der Waals surface area (Å²) in [7, 11) is -3.87. The summed E-state index contributed by atoms with van der Waals surface area (Å²) in [5, 5.41) is -0.513. The van der Waals surface area contributed by atoms with Crippen molar-refractivity contribution in [3.05, 3.63) is 24.1 Å². The molecule has 0 saturated carbocycles. The van der Waals surface area contributed by atoms with Crippen LogP contribution in [0.15, 0.2) is 23.4 Å². The van der Waals surface area contributed by atoms with E-state index in [-0.39, 0.29) is 6.10 Å². The van der Waals surface area contributed by atoms with Crippen molar-refractivity contribution < 1.29 is 17.5 Å². The number of rotatable bonds is 5. The third-order valence-corrected chi connectivity index (χ3v) is 5.02. The molecule has 0 radical (unpaired) electrons. The van der Waals surface area contributed by atoms with Gasteiger partial charge in [-0.15, -0.1) is 0 Å². The molecule has 0 aromatic carbocycles. The third-order valence-electron chi connectivity index (χ3n) is 3.18. The first-order chi connectivity index (χ1) is 9.55. The van der Waals surface area contributed by atoms with Crippen molar-refractivity contribution in [2.24, 2.45) is 5.73 Å². The normalized spacial score (nSPS) is 18.3. The molecule has 1 fully saturated rings. The van der Waals surface area contributed by atoms with Crippen LogP contribution in [0.25, 0.3) is 0 Å². The van der Waals surface area contributed by atoms with Gasteiger partial charge in [0.25, 0.3) is 10.0 Å². The second kappa shape index (κ2) is 6.57. The second-order valence-electron chi connectivity index (χ2n) is 4.55. The standard InChI is InChI=1S/C12H18FN3O3S/c13-11-2-1-6-15-12(11)20(17,18)16-7-3-10(4-8-16)19-9-5-14/h1-2,6,10H,3-5,7-9,14H2. The van der Waals surface area contributed by atoms with Crippen molar-refractivity contribution in [1.29, 1.82) is 0 Å².